The van der Waals surface area contributed by atoms with Crippen LogP contribution < -0.4 is 10.6 Å². The molecule has 1 aliphatic heterocycles. The van der Waals surface area contributed by atoms with Gasteiger partial charge in [-0.05, 0) is 31.0 Å². The van der Waals surface area contributed by atoms with Crippen molar-refractivity contribution in [2.24, 2.45) is 4.99 Å². The molecule has 1 atom stereocenters. The maximum atomic E-state index is 12.7. The van der Waals surface area contributed by atoms with Crippen molar-refractivity contribution in [2.45, 2.75) is 32.1 Å². The number of halogens is 3. The van der Waals surface area contributed by atoms with Gasteiger partial charge in [0.1, 0.15) is 0 Å². The average molecular weight is 416 g/mol. The molecule has 1 aliphatic rings. The van der Waals surface area contributed by atoms with E-state index in [1.165, 1.54) is 0 Å². The minimum atomic E-state index is -4.29. The van der Waals surface area contributed by atoms with Gasteiger partial charge < -0.3 is 20.1 Å². The van der Waals surface area contributed by atoms with E-state index in [-0.39, 0.29) is 6.04 Å². The Bertz CT molecular complexity index is 623. The van der Waals surface area contributed by atoms with E-state index in [0.717, 1.165) is 49.7 Å². The van der Waals surface area contributed by atoms with Crippen LogP contribution in [0.25, 0.3) is 0 Å². The number of aliphatic imine (C=N–C) groups is 1. The van der Waals surface area contributed by atoms with Crippen LogP contribution in [0.2, 0.25) is 0 Å². The fourth-order valence-corrected chi connectivity index (χ4v) is 3.13. The molecule has 1 aromatic carbocycles. The Hall–Kier alpha value is -1.84. The van der Waals surface area contributed by atoms with Gasteiger partial charge in [0.05, 0.1) is 31.9 Å². The number of ether oxygens (including phenoxy) is 2. The zero-order chi connectivity index (χ0) is 21.1. The van der Waals surface area contributed by atoms with E-state index < -0.39 is 11.7 Å². The molecular weight excluding hydrogens is 385 g/mol. The maximum absolute atomic E-state index is 12.7. The number of nitrogens with one attached hydrogen (secondary N) is 2. The smallest absolute Gasteiger partial charge is 0.382 e. The van der Waals surface area contributed by atoms with Crippen molar-refractivity contribution in [3.8, 4) is 0 Å². The molecular formula is C20H31F3N4O2. The predicted molar refractivity (Wildman–Crippen MR) is 107 cm³/mol. The molecule has 0 aliphatic carbocycles. The molecule has 0 amide bonds. The van der Waals surface area contributed by atoms with Crippen molar-refractivity contribution in [1.82, 2.24) is 15.5 Å². The number of guanidine groups is 1. The molecule has 1 fully saturated rings. The Morgan fingerprint density at radius 3 is 2.62 bits per heavy atom. The summed E-state index contributed by atoms with van der Waals surface area (Å²) in [6, 6.07) is 5.64. The van der Waals surface area contributed by atoms with Crippen molar-refractivity contribution >= 4 is 5.96 Å². The second-order valence-corrected chi connectivity index (χ2v) is 6.93. The molecule has 0 saturated carbocycles. The monoisotopic (exact) mass is 416 g/mol. The fourth-order valence-electron chi connectivity index (χ4n) is 3.13. The number of methoxy groups -OCH3 is 1. The van der Waals surface area contributed by atoms with Crippen LogP contribution in [-0.4, -0.2) is 70.0 Å². The van der Waals surface area contributed by atoms with Crippen LogP contribution >= 0.6 is 0 Å². The molecule has 0 aromatic heterocycles. The quantitative estimate of drug-likeness (QED) is 0.349. The Morgan fingerprint density at radius 1 is 1.21 bits per heavy atom. The maximum Gasteiger partial charge on any atom is 0.416 e. The van der Waals surface area contributed by atoms with Gasteiger partial charge in [0.2, 0.25) is 0 Å². The number of alkyl halides is 3. The second kappa shape index (κ2) is 12.0. The van der Waals surface area contributed by atoms with Gasteiger partial charge >= 0.3 is 6.18 Å². The van der Waals surface area contributed by atoms with Gasteiger partial charge in [0, 0.05) is 39.3 Å². The molecule has 1 unspecified atom stereocenters. The van der Waals surface area contributed by atoms with Gasteiger partial charge in [0.25, 0.3) is 0 Å². The molecule has 2 N–H and O–H groups in total. The van der Waals surface area contributed by atoms with Crippen LogP contribution in [0.5, 0.6) is 0 Å². The van der Waals surface area contributed by atoms with E-state index in [9.17, 15) is 13.2 Å². The number of benzene rings is 1. The van der Waals surface area contributed by atoms with Crippen molar-refractivity contribution in [3.63, 3.8) is 0 Å². The highest BCUT2D eigenvalue weighted by Crippen LogP contribution is 2.29. The zero-order valence-corrected chi connectivity index (χ0v) is 17.1. The summed E-state index contributed by atoms with van der Waals surface area (Å²) in [6.07, 6.45) is -3.34. The highest BCUT2D eigenvalue weighted by molar-refractivity contribution is 5.80. The summed E-state index contributed by atoms with van der Waals surface area (Å²) in [5.74, 6) is 0.754. The summed E-state index contributed by atoms with van der Waals surface area (Å²) in [5.41, 5.74) is 0.271. The van der Waals surface area contributed by atoms with Crippen molar-refractivity contribution in [2.75, 3.05) is 53.1 Å². The first-order valence-electron chi connectivity index (χ1n) is 9.92. The van der Waals surface area contributed by atoms with Crippen LogP contribution in [0, 0.1) is 0 Å². The third kappa shape index (κ3) is 8.59. The van der Waals surface area contributed by atoms with Gasteiger partial charge in [-0.2, -0.15) is 13.2 Å². The molecule has 0 radical (unpaired) electrons. The van der Waals surface area contributed by atoms with Crippen LogP contribution in [0.3, 0.4) is 0 Å². The second-order valence-electron chi connectivity index (χ2n) is 6.93. The number of hydrogen-bond donors (Lipinski definition) is 2. The number of likely N-dealkylation sites (tertiary alicyclic amines) is 1. The lowest BCUT2D eigenvalue weighted by molar-refractivity contribution is -0.137. The average Bonchev–Trinajstić information content (AvgIpc) is 3.11. The molecule has 164 valence electrons. The molecule has 1 aromatic rings. The first-order chi connectivity index (χ1) is 13.9. The van der Waals surface area contributed by atoms with E-state index in [1.54, 1.807) is 19.2 Å². The summed E-state index contributed by atoms with van der Waals surface area (Å²) in [7, 11) is 1.64. The van der Waals surface area contributed by atoms with Gasteiger partial charge in [-0.25, -0.2) is 0 Å². The van der Waals surface area contributed by atoms with Crippen LogP contribution in [0.4, 0.5) is 13.2 Å². The van der Waals surface area contributed by atoms with Crippen molar-refractivity contribution in [3.05, 3.63) is 35.4 Å². The van der Waals surface area contributed by atoms with Gasteiger partial charge in [-0.1, -0.05) is 12.1 Å². The molecule has 0 bridgehead atoms. The van der Waals surface area contributed by atoms with Gasteiger partial charge in [0.15, 0.2) is 5.96 Å². The Morgan fingerprint density at radius 2 is 1.97 bits per heavy atom. The highest BCUT2D eigenvalue weighted by Gasteiger charge is 2.30. The van der Waals surface area contributed by atoms with Crippen LogP contribution in [0.15, 0.2) is 29.3 Å². The molecule has 29 heavy (non-hydrogen) atoms. The Balaban J connectivity index is 1.78. The Kier molecular flexibility index (Phi) is 9.69. The van der Waals surface area contributed by atoms with Crippen LogP contribution in [0.1, 0.15) is 24.5 Å². The van der Waals surface area contributed by atoms with Crippen LogP contribution in [-0.2, 0) is 22.2 Å². The summed E-state index contributed by atoms with van der Waals surface area (Å²) >= 11 is 0. The first kappa shape index (κ1) is 23.4. The third-order valence-corrected chi connectivity index (χ3v) is 4.58. The largest absolute Gasteiger partial charge is 0.416 e. The van der Waals surface area contributed by atoms with Crippen molar-refractivity contribution < 1.29 is 22.6 Å². The summed E-state index contributed by atoms with van der Waals surface area (Å²) in [6.45, 7) is 7.32. The minimum Gasteiger partial charge on any atom is -0.382 e. The summed E-state index contributed by atoms with van der Waals surface area (Å²) < 4.78 is 48.4. The normalized spacial score (nSPS) is 18.2. The van der Waals surface area contributed by atoms with E-state index in [0.29, 0.717) is 32.9 Å². The number of rotatable bonds is 10. The summed E-state index contributed by atoms with van der Waals surface area (Å²) in [4.78, 5) is 6.75. The minimum absolute atomic E-state index is 0.247. The van der Waals surface area contributed by atoms with E-state index in [1.807, 2.05) is 6.92 Å². The molecule has 1 saturated heterocycles. The summed E-state index contributed by atoms with van der Waals surface area (Å²) in [5, 5.41) is 6.66. The van der Waals surface area contributed by atoms with E-state index in [4.69, 9.17) is 9.47 Å². The lowest BCUT2D eigenvalue weighted by Crippen LogP contribution is -2.44. The van der Waals surface area contributed by atoms with Gasteiger partial charge in [-0.15, -0.1) is 0 Å². The van der Waals surface area contributed by atoms with E-state index >= 15 is 0 Å². The highest BCUT2D eigenvalue weighted by atomic mass is 19.4. The first-order valence-corrected chi connectivity index (χ1v) is 9.92. The predicted octanol–water partition coefficient (Wildman–Crippen LogP) is 2.50. The van der Waals surface area contributed by atoms with Crippen molar-refractivity contribution in [1.29, 1.82) is 0 Å². The molecule has 0 spiro atoms. The third-order valence-electron chi connectivity index (χ3n) is 4.58. The zero-order valence-electron chi connectivity index (χ0n) is 17.1. The van der Waals surface area contributed by atoms with Gasteiger partial charge in [-0.3, -0.25) is 9.89 Å². The molecule has 2 rings (SSSR count). The van der Waals surface area contributed by atoms with E-state index in [2.05, 4.69) is 20.5 Å². The fraction of sp³-hybridized carbons (Fsp3) is 0.650. The standard InChI is InChI=1S/C20H31F3N4O2/c1-3-24-19(25-9-11-29-13-12-28-2)26-18-8-10-27(15-18)14-16-4-6-17(7-5-16)20(21,22)23/h4-7,18H,3,8-15H2,1-2H3,(H2,24,25,26). The molecule has 6 nitrogen and oxygen atoms in total. The lowest BCUT2D eigenvalue weighted by atomic mass is 10.1. The topological polar surface area (TPSA) is 58.1 Å². The number of nitrogens with zero attached hydrogens (tertiary/aromatic N) is 2. The molecule has 1 heterocycles. The Labute approximate surface area is 170 Å². The number of hydrogen-bond acceptors (Lipinski definition) is 4. The molecule has 9 heteroatoms. The lowest BCUT2D eigenvalue weighted by Gasteiger charge is -2.19. The SMILES string of the molecule is CCNC(=NCCOCCOC)NC1CCN(Cc2ccc(C(F)(F)F)cc2)C1.